The fourth-order valence-corrected chi connectivity index (χ4v) is 6.59. The van der Waals surface area contributed by atoms with Gasteiger partial charge in [0, 0.05) is 37.6 Å². The third-order valence-electron chi connectivity index (χ3n) is 9.49. The predicted octanol–water partition coefficient (Wildman–Crippen LogP) is 4.74. The van der Waals surface area contributed by atoms with Gasteiger partial charge in [0.25, 0.3) is 0 Å². The van der Waals surface area contributed by atoms with Crippen molar-refractivity contribution in [3.8, 4) is 22.6 Å². The van der Waals surface area contributed by atoms with Crippen LogP contribution in [0.5, 0.6) is 11.5 Å². The second-order valence-electron chi connectivity index (χ2n) is 15.1. The number of ether oxygens (including phenoxy) is 4. The van der Waals surface area contributed by atoms with Gasteiger partial charge >= 0.3 is 12.1 Å². The van der Waals surface area contributed by atoms with Crippen LogP contribution < -0.4 is 30.7 Å². The second kappa shape index (κ2) is 22.4. The molecule has 0 fully saturated rings. The number of carbonyl (C=O) groups is 6. The van der Waals surface area contributed by atoms with Gasteiger partial charge < -0.3 is 45.1 Å². The van der Waals surface area contributed by atoms with Gasteiger partial charge in [-0.05, 0) is 81.8 Å². The van der Waals surface area contributed by atoms with E-state index in [1.165, 1.54) is 33.3 Å². The van der Waals surface area contributed by atoms with Gasteiger partial charge in [0.05, 0.1) is 27.9 Å². The van der Waals surface area contributed by atoms with Gasteiger partial charge in [-0.3, -0.25) is 19.2 Å². The molecular weight excluding hydrogens is 734 g/mol. The number of methoxy groups -OCH3 is 3. The molecule has 0 radical (unpaired) electrons. The lowest BCUT2D eigenvalue weighted by molar-refractivity contribution is -0.145. The number of rotatable bonds is 17. The van der Waals surface area contributed by atoms with Crippen molar-refractivity contribution >= 4 is 35.7 Å². The number of esters is 1. The number of hydrogen-bond donors (Lipinski definition) is 4. The minimum absolute atomic E-state index is 0.0914. The third-order valence-corrected chi connectivity index (χ3v) is 9.49. The molecule has 0 aliphatic carbocycles. The van der Waals surface area contributed by atoms with Gasteiger partial charge in [-0.2, -0.15) is 0 Å². The molecule has 3 unspecified atom stereocenters. The lowest BCUT2D eigenvalue weighted by Crippen LogP contribution is -2.52. The first-order valence-corrected chi connectivity index (χ1v) is 19.6. The molecule has 15 heteroatoms. The van der Waals surface area contributed by atoms with Gasteiger partial charge in [-0.1, -0.05) is 44.7 Å². The van der Waals surface area contributed by atoms with Crippen molar-refractivity contribution in [3.63, 3.8) is 0 Å². The molecule has 15 nitrogen and oxygen atoms in total. The Labute approximate surface area is 336 Å². The van der Waals surface area contributed by atoms with Crippen LogP contribution in [0.25, 0.3) is 11.1 Å². The summed E-state index contributed by atoms with van der Waals surface area (Å²) in [6, 6.07) is 7.06. The summed E-state index contributed by atoms with van der Waals surface area (Å²) in [6.45, 7) is 7.22. The summed E-state index contributed by atoms with van der Waals surface area (Å²) in [4.78, 5) is 81.2. The lowest BCUT2D eigenvalue weighted by Gasteiger charge is -2.32. The standard InChI is InChI=1S/C42H61N5O10/c1-9-10-11-12-13-17-35(48)45-31(16-14-15-22-43-41(53)57-42(2,3)4)39(51)47(5)37-28-19-21-34(55-7)30(25-28)29-23-27(18-20-33(29)54-6)24-32(40(52)56-8)46-36(49)26-44-38(37)50/h18-21,23,25,31-32,37H,9-17,22,24,26H2,1-8H3,(H,43,53)(H,44,50)(H,45,48)(H,46,49). The molecule has 1 aliphatic heterocycles. The topological polar surface area (TPSA) is 191 Å². The maximum Gasteiger partial charge on any atom is 0.407 e. The van der Waals surface area contributed by atoms with Crippen LogP contribution in [0.3, 0.4) is 0 Å². The molecule has 57 heavy (non-hydrogen) atoms. The minimum atomic E-state index is -1.27. The minimum Gasteiger partial charge on any atom is -0.496 e. The van der Waals surface area contributed by atoms with E-state index in [-0.39, 0.29) is 25.2 Å². The number of benzene rings is 2. The SMILES string of the molecule is CCCCCCCC(=O)NC(CCCCNC(=O)OC(C)(C)C)C(=O)N(C)C1C(=O)NCC(=O)NC(C(=O)OC)Cc2ccc(OC)c(c2)-c2cc1ccc2OC. The first-order valence-electron chi connectivity index (χ1n) is 19.6. The highest BCUT2D eigenvalue weighted by Crippen LogP contribution is 2.39. The molecule has 4 bridgehead atoms. The smallest absolute Gasteiger partial charge is 0.407 e. The number of alkyl carbamates (subject to hydrolysis) is 1. The number of nitrogens with one attached hydrogen (secondary N) is 4. The van der Waals surface area contributed by atoms with Crippen molar-refractivity contribution in [2.24, 2.45) is 0 Å². The molecule has 3 atom stereocenters. The average molecular weight is 796 g/mol. The molecule has 0 spiro atoms. The van der Waals surface area contributed by atoms with Crippen molar-refractivity contribution in [1.29, 1.82) is 0 Å². The molecule has 2 aromatic carbocycles. The van der Waals surface area contributed by atoms with Crippen molar-refractivity contribution in [2.75, 3.05) is 41.5 Å². The van der Waals surface area contributed by atoms with Crippen LogP contribution in [0.2, 0.25) is 0 Å². The Morgan fingerprint density at radius 1 is 0.895 bits per heavy atom. The van der Waals surface area contributed by atoms with Crippen LogP contribution >= 0.6 is 0 Å². The summed E-state index contributed by atoms with van der Waals surface area (Å²) in [5, 5.41) is 10.9. The highest BCUT2D eigenvalue weighted by atomic mass is 16.6. The fourth-order valence-electron chi connectivity index (χ4n) is 6.59. The van der Waals surface area contributed by atoms with E-state index in [0.29, 0.717) is 59.6 Å². The van der Waals surface area contributed by atoms with Crippen LogP contribution in [0.15, 0.2) is 36.4 Å². The van der Waals surface area contributed by atoms with Crippen LogP contribution in [0.1, 0.15) is 103 Å². The van der Waals surface area contributed by atoms with E-state index in [0.717, 1.165) is 25.7 Å². The Bertz CT molecular complexity index is 1710. The Kier molecular flexibility index (Phi) is 18.1. The molecule has 5 amide bonds. The first kappa shape index (κ1) is 46.0. The summed E-state index contributed by atoms with van der Waals surface area (Å²) < 4.78 is 21.7. The molecule has 1 aliphatic rings. The lowest BCUT2D eigenvalue weighted by atomic mass is 9.93. The summed E-state index contributed by atoms with van der Waals surface area (Å²) in [7, 11) is 5.72. The van der Waals surface area contributed by atoms with Crippen molar-refractivity contribution in [2.45, 2.75) is 116 Å². The Morgan fingerprint density at radius 2 is 1.56 bits per heavy atom. The number of fused-ring (bicyclic) bond motifs is 5. The highest BCUT2D eigenvalue weighted by Gasteiger charge is 2.35. The molecule has 4 N–H and O–H groups in total. The van der Waals surface area contributed by atoms with E-state index >= 15 is 0 Å². The van der Waals surface area contributed by atoms with Crippen LogP contribution in [-0.4, -0.2) is 99.7 Å². The van der Waals surface area contributed by atoms with Crippen molar-refractivity contribution < 1.29 is 47.7 Å². The largest absolute Gasteiger partial charge is 0.496 e. The summed E-state index contributed by atoms with van der Waals surface area (Å²) in [6.07, 6.45) is 5.68. The number of unbranched alkanes of at least 4 members (excludes halogenated alkanes) is 5. The predicted molar refractivity (Wildman–Crippen MR) is 215 cm³/mol. The second-order valence-corrected chi connectivity index (χ2v) is 15.1. The fraction of sp³-hybridized carbons (Fsp3) is 0.571. The zero-order valence-electron chi connectivity index (χ0n) is 34.7. The highest BCUT2D eigenvalue weighted by molar-refractivity contribution is 5.95. The van der Waals surface area contributed by atoms with Crippen molar-refractivity contribution in [3.05, 3.63) is 47.5 Å². The van der Waals surface area contributed by atoms with Gasteiger partial charge in [0.15, 0.2) is 0 Å². The Hall–Kier alpha value is -5.34. The molecule has 2 aromatic rings. The molecule has 1 heterocycles. The number of nitrogens with zero attached hydrogens (tertiary/aromatic N) is 1. The quantitative estimate of drug-likeness (QED) is 0.129. The molecule has 3 rings (SSSR count). The molecule has 0 saturated carbocycles. The van der Waals surface area contributed by atoms with E-state index in [2.05, 4.69) is 28.2 Å². The van der Waals surface area contributed by atoms with E-state index in [9.17, 15) is 28.8 Å². The summed E-state index contributed by atoms with van der Waals surface area (Å²) in [5.41, 5.74) is 1.57. The average Bonchev–Trinajstić information content (AvgIpc) is 3.17. The van der Waals surface area contributed by atoms with E-state index in [4.69, 9.17) is 18.9 Å². The third kappa shape index (κ3) is 14.3. The van der Waals surface area contributed by atoms with Crippen LogP contribution in [-0.2, 0) is 39.9 Å². The summed E-state index contributed by atoms with van der Waals surface area (Å²) >= 11 is 0. The zero-order chi connectivity index (χ0) is 42.1. The maximum atomic E-state index is 14.5. The van der Waals surface area contributed by atoms with Gasteiger partial charge in [0.1, 0.15) is 35.2 Å². The zero-order valence-corrected chi connectivity index (χ0v) is 34.7. The number of hydrogen-bond acceptors (Lipinski definition) is 10. The van der Waals surface area contributed by atoms with Gasteiger partial charge in [-0.15, -0.1) is 0 Å². The van der Waals surface area contributed by atoms with E-state index in [1.54, 1.807) is 51.1 Å². The number of likely N-dealkylation sites (N-methyl/N-ethyl adjacent to an activating group) is 1. The Balaban J connectivity index is 2.01. The number of carbonyl (C=O) groups excluding carboxylic acids is 6. The molecule has 314 valence electrons. The number of amides is 5. The molecular formula is C42H61N5O10. The van der Waals surface area contributed by atoms with Gasteiger partial charge in [0.2, 0.25) is 23.6 Å². The Morgan fingerprint density at radius 3 is 2.21 bits per heavy atom. The first-order chi connectivity index (χ1) is 27.1. The van der Waals surface area contributed by atoms with E-state index < -0.39 is 60.1 Å². The summed E-state index contributed by atoms with van der Waals surface area (Å²) in [5.74, 6) is -1.86. The molecule has 0 aromatic heterocycles. The van der Waals surface area contributed by atoms with Gasteiger partial charge in [-0.25, -0.2) is 9.59 Å². The van der Waals surface area contributed by atoms with E-state index in [1.807, 2.05) is 6.07 Å². The van der Waals surface area contributed by atoms with Crippen LogP contribution in [0, 0.1) is 0 Å². The molecule has 0 saturated heterocycles. The van der Waals surface area contributed by atoms with Crippen LogP contribution in [0.4, 0.5) is 4.79 Å². The maximum absolute atomic E-state index is 14.5. The van der Waals surface area contributed by atoms with Crippen molar-refractivity contribution in [1.82, 2.24) is 26.2 Å². The monoisotopic (exact) mass is 795 g/mol. The normalized spacial score (nSPS) is 16.1.